The van der Waals surface area contributed by atoms with Crippen molar-refractivity contribution < 1.29 is 19.1 Å². The van der Waals surface area contributed by atoms with Gasteiger partial charge in [0.25, 0.3) is 0 Å². The number of amides is 3. The molecule has 1 aromatic carbocycles. The van der Waals surface area contributed by atoms with E-state index in [1.165, 1.54) is 7.11 Å². The maximum Gasteiger partial charge on any atom is 0.229 e. The topological polar surface area (TPSA) is 87.7 Å². The van der Waals surface area contributed by atoms with E-state index in [0.717, 1.165) is 25.8 Å². The summed E-state index contributed by atoms with van der Waals surface area (Å²) in [5.41, 5.74) is 0.608. The second kappa shape index (κ2) is 9.57. The van der Waals surface area contributed by atoms with E-state index in [9.17, 15) is 14.4 Å². The van der Waals surface area contributed by atoms with Gasteiger partial charge in [-0.25, -0.2) is 0 Å². The van der Waals surface area contributed by atoms with Gasteiger partial charge in [0.2, 0.25) is 17.7 Å². The summed E-state index contributed by atoms with van der Waals surface area (Å²) in [4.78, 5) is 38.2. The zero-order valence-electron chi connectivity index (χ0n) is 17.3. The van der Waals surface area contributed by atoms with Crippen LogP contribution in [-0.4, -0.2) is 42.8 Å². The Morgan fingerprint density at radius 3 is 2.57 bits per heavy atom. The third-order valence-electron chi connectivity index (χ3n) is 4.69. The van der Waals surface area contributed by atoms with Gasteiger partial charge in [-0.1, -0.05) is 27.2 Å². The minimum Gasteiger partial charge on any atom is -0.494 e. The van der Waals surface area contributed by atoms with Gasteiger partial charge in [-0.3, -0.25) is 14.4 Å². The van der Waals surface area contributed by atoms with Crippen LogP contribution in [0.2, 0.25) is 0 Å². The number of likely N-dealkylation sites (tertiary alicyclic amines) is 1. The highest BCUT2D eigenvalue weighted by molar-refractivity contribution is 5.97. The summed E-state index contributed by atoms with van der Waals surface area (Å²) in [6.07, 6.45) is 3.80. The number of benzene rings is 1. The van der Waals surface area contributed by atoms with Crippen molar-refractivity contribution in [3.8, 4) is 5.75 Å². The maximum absolute atomic E-state index is 12.3. The van der Waals surface area contributed by atoms with Crippen LogP contribution >= 0.6 is 0 Å². The summed E-state index contributed by atoms with van der Waals surface area (Å²) in [5, 5.41) is 5.67. The first kappa shape index (κ1) is 21.7. The van der Waals surface area contributed by atoms with Gasteiger partial charge in [-0.15, -0.1) is 0 Å². The largest absolute Gasteiger partial charge is 0.494 e. The van der Waals surface area contributed by atoms with Crippen molar-refractivity contribution in [1.29, 1.82) is 0 Å². The average Bonchev–Trinajstić information content (AvgIpc) is 2.84. The van der Waals surface area contributed by atoms with Gasteiger partial charge >= 0.3 is 0 Å². The number of hydrogen-bond donors (Lipinski definition) is 2. The minimum absolute atomic E-state index is 0.121. The molecular weight excluding hydrogens is 358 g/mol. The third-order valence-corrected chi connectivity index (χ3v) is 4.69. The van der Waals surface area contributed by atoms with Gasteiger partial charge in [-0.2, -0.15) is 0 Å². The molecule has 1 aromatic rings. The van der Waals surface area contributed by atoms with Crippen LogP contribution in [-0.2, 0) is 14.4 Å². The summed E-state index contributed by atoms with van der Waals surface area (Å²) in [5.74, 6) is 0.319. The van der Waals surface area contributed by atoms with E-state index in [1.54, 1.807) is 23.1 Å². The van der Waals surface area contributed by atoms with Gasteiger partial charge in [-0.05, 0) is 25.0 Å². The van der Waals surface area contributed by atoms with E-state index in [2.05, 4.69) is 10.6 Å². The quantitative estimate of drug-likeness (QED) is 0.780. The first-order valence-corrected chi connectivity index (χ1v) is 9.78. The standard InChI is InChI=1S/C21H31N3O4/c1-21(2,3)20(27)23-16-10-9-15(14-17(16)28-4)22-18(25)11-13-24-12-7-5-6-8-19(24)26/h9-10,14H,5-8,11-13H2,1-4H3,(H,22,25)(H,23,27). The molecule has 0 saturated carbocycles. The predicted molar refractivity (Wildman–Crippen MR) is 109 cm³/mol. The van der Waals surface area contributed by atoms with Crippen molar-refractivity contribution in [2.75, 3.05) is 30.8 Å². The molecule has 1 aliphatic rings. The normalized spacial score (nSPS) is 15.0. The molecule has 0 atom stereocenters. The monoisotopic (exact) mass is 389 g/mol. The number of rotatable bonds is 6. The Morgan fingerprint density at radius 1 is 1.14 bits per heavy atom. The van der Waals surface area contributed by atoms with Crippen molar-refractivity contribution >= 4 is 29.1 Å². The molecule has 1 heterocycles. The maximum atomic E-state index is 12.3. The lowest BCUT2D eigenvalue weighted by Gasteiger charge is -2.20. The van der Waals surface area contributed by atoms with Crippen LogP contribution in [0.25, 0.3) is 0 Å². The van der Waals surface area contributed by atoms with E-state index < -0.39 is 5.41 Å². The Labute approximate surface area is 166 Å². The highest BCUT2D eigenvalue weighted by atomic mass is 16.5. The molecule has 7 heteroatoms. The second-order valence-electron chi connectivity index (χ2n) is 8.11. The number of carbonyl (C=O) groups is 3. The average molecular weight is 389 g/mol. The van der Waals surface area contributed by atoms with Crippen LogP contribution in [0, 0.1) is 5.41 Å². The summed E-state index contributed by atoms with van der Waals surface area (Å²) >= 11 is 0. The van der Waals surface area contributed by atoms with Crippen molar-refractivity contribution in [1.82, 2.24) is 4.90 Å². The van der Waals surface area contributed by atoms with Crippen LogP contribution < -0.4 is 15.4 Å². The molecule has 0 radical (unpaired) electrons. The van der Waals surface area contributed by atoms with E-state index in [1.807, 2.05) is 20.8 Å². The number of nitrogens with zero attached hydrogens (tertiary/aromatic N) is 1. The number of anilines is 2. The van der Waals surface area contributed by atoms with Crippen molar-refractivity contribution in [3.05, 3.63) is 18.2 Å². The Balaban J connectivity index is 1.95. The number of methoxy groups -OCH3 is 1. The van der Waals surface area contributed by atoms with Crippen LogP contribution in [0.1, 0.15) is 52.9 Å². The predicted octanol–water partition coefficient (Wildman–Crippen LogP) is 3.41. The Morgan fingerprint density at radius 2 is 1.89 bits per heavy atom. The van der Waals surface area contributed by atoms with E-state index in [-0.39, 0.29) is 24.1 Å². The fourth-order valence-electron chi connectivity index (χ4n) is 2.92. The third kappa shape index (κ3) is 6.25. The van der Waals surface area contributed by atoms with Crippen LogP contribution in [0.4, 0.5) is 11.4 Å². The minimum atomic E-state index is -0.525. The van der Waals surface area contributed by atoms with Gasteiger partial charge in [0.15, 0.2) is 0 Å². The van der Waals surface area contributed by atoms with Gasteiger partial charge in [0, 0.05) is 43.1 Å². The zero-order valence-corrected chi connectivity index (χ0v) is 17.3. The molecule has 2 N–H and O–H groups in total. The number of hydrogen-bond acceptors (Lipinski definition) is 4. The number of carbonyl (C=O) groups excluding carboxylic acids is 3. The lowest BCUT2D eigenvalue weighted by Crippen LogP contribution is -2.33. The number of nitrogens with one attached hydrogen (secondary N) is 2. The first-order chi connectivity index (χ1) is 13.2. The fraction of sp³-hybridized carbons (Fsp3) is 0.571. The summed E-state index contributed by atoms with van der Waals surface area (Å²) in [6.45, 7) is 6.65. The van der Waals surface area contributed by atoms with Crippen molar-refractivity contribution in [2.45, 2.75) is 52.9 Å². The zero-order chi connectivity index (χ0) is 20.7. The number of ether oxygens (including phenoxy) is 1. The summed E-state index contributed by atoms with van der Waals surface area (Å²) < 4.78 is 5.35. The van der Waals surface area contributed by atoms with Crippen molar-refractivity contribution in [2.24, 2.45) is 5.41 Å². The molecule has 1 aliphatic heterocycles. The molecule has 0 unspecified atom stereocenters. The molecule has 1 fully saturated rings. The lowest BCUT2D eigenvalue weighted by molar-refractivity contribution is -0.131. The van der Waals surface area contributed by atoms with E-state index >= 15 is 0 Å². The SMILES string of the molecule is COc1cc(NC(=O)CCN2CCCCCC2=O)ccc1NC(=O)C(C)(C)C. The smallest absolute Gasteiger partial charge is 0.229 e. The summed E-state index contributed by atoms with van der Waals surface area (Å²) in [7, 11) is 1.51. The lowest BCUT2D eigenvalue weighted by atomic mass is 9.95. The van der Waals surface area contributed by atoms with Crippen LogP contribution in [0.3, 0.4) is 0 Å². The van der Waals surface area contributed by atoms with Crippen molar-refractivity contribution in [3.63, 3.8) is 0 Å². The summed E-state index contributed by atoms with van der Waals surface area (Å²) in [6, 6.07) is 5.10. The van der Waals surface area contributed by atoms with E-state index in [4.69, 9.17) is 4.74 Å². The highest BCUT2D eigenvalue weighted by Gasteiger charge is 2.22. The molecule has 154 valence electrons. The molecule has 0 aliphatic carbocycles. The Hall–Kier alpha value is -2.57. The molecule has 2 rings (SSSR count). The van der Waals surface area contributed by atoms with Gasteiger partial charge < -0.3 is 20.3 Å². The molecule has 0 aromatic heterocycles. The molecule has 0 bridgehead atoms. The molecule has 28 heavy (non-hydrogen) atoms. The Bertz CT molecular complexity index is 725. The molecular formula is C21H31N3O4. The van der Waals surface area contributed by atoms with Crippen LogP contribution in [0.15, 0.2) is 18.2 Å². The van der Waals surface area contributed by atoms with E-state index in [0.29, 0.717) is 30.1 Å². The fourth-order valence-corrected chi connectivity index (χ4v) is 2.92. The van der Waals surface area contributed by atoms with Crippen LogP contribution in [0.5, 0.6) is 5.75 Å². The first-order valence-electron chi connectivity index (χ1n) is 9.78. The molecule has 1 saturated heterocycles. The van der Waals surface area contributed by atoms with Gasteiger partial charge in [0.1, 0.15) is 5.75 Å². The second-order valence-corrected chi connectivity index (χ2v) is 8.11. The molecule has 7 nitrogen and oxygen atoms in total. The molecule has 0 spiro atoms. The van der Waals surface area contributed by atoms with Gasteiger partial charge in [0.05, 0.1) is 12.8 Å². The Kier molecular flexibility index (Phi) is 7.43. The molecule has 3 amide bonds. The highest BCUT2D eigenvalue weighted by Crippen LogP contribution is 2.29.